The summed E-state index contributed by atoms with van der Waals surface area (Å²) in [5.41, 5.74) is 5.22. The van der Waals surface area contributed by atoms with Gasteiger partial charge in [-0.1, -0.05) is 6.08 Å². The number of nitrogens with two attached hydrogens (primary N) is 1. The topological polar surface area (TPSA) is 54.7 Å². The van der Waals surface area contributed by atoms with E-state index in [2.05, 4.69) is 9.97 Å². The molecule has 0 unspecified atom stereocenters. The number of nitrogens with one attached hydrogen (secondary N) is 1. The van der Waals surface area contributed by atoms with E-state index in [0.29, 0.717) is 6.54 Å². The normalized spacial score (nSPS) is 10.8. The molecule has 3 nitrogen and oxygen atoms in total. The summed E-state index contributed by atoms with van der Waals surface area (Å²) in [5.74, 6) is 0.848. The van der Waals surface area contributed by atoms with Gasteiger partial charge in [0.25, 0.3) is 0 Å². The first-order chi connectivity index (χ1) is 4.43. The number of nitrogens with zero attached hydrogens (tertiary/aromatic N) is 1. The van der Waals surface area contributed by atoms with Crippen LogP contribution in [-0.4, -0.2) is 16.5 Å². The third kappa shape index (κ3) is 1.70. The maximum Gasteiger partial charge on any atom is 0.129 e. The molecule has 0 amide bonds. The fraction of sp³-hybridized carbons (Fsp3) is 0.167. The van der Waals surface area contributed by atoms with Crippen molar-refractivity contribution in [1.82, 2.24) is 9.97 Å². The maximum absolute atomic E-state index is 5.22. The van der Waals surface area contributed by atoms with Crippen molar-refractivity contribution >= 4 is 6.08 Å². The van der Waals surface area contributed by atoms with Crippen molar-refractivity contribution in [1.29, 1.82) is 0 Å². The highest BCUT2D eigenvalue weighted by Crippen LogP contribution is 1.89. The largest absolute Gasteiger partial charge is 0.345 e. The number of aromatic amines is 1. The van der Waals surface area contributed by atoms with E-state index in [1.165, 1.54) is 0 Å². The first-order valence-corrected chi connectivity index (χ1v) is 2.79. The summed E-state index contributed by atoms with van der Waals surface area (Å²) in [4.78, 5) is 6.87. The van der Waals surface area contributed by atoms with Crippen molar-refractivity contribution in [2.24, 2.45) is 5.73 Å². The lowest BCUT2D eigenvalue weighted by molar-refractivity contribution is 1.23. The number of aromatic nitrogens is 2. The fourth-order valence-corrected chi connectivity index (χ4v) is 0.548. The molecule has 0 aliphatic heterocycles. The standard InChI is InChI=1S/C6H9N3/c7-3-1-2-6-8-4-5-9-6/h1-2,4-5H,3,7H2,(H,8,9)/b2-1+. The van der Waals surface area contributed by atoms with Gasteiger partial charge in [0.2, 0.25) is 0 Å². The third-order valence-corrected chi connectivity index (χ3v) is 0.931. The minimum absolute atomic E-state index is 0.556. The highest BCUT2D eigenvalue weighted by molar-refractivity contribution is 5.39. The Balaban J connectivity index is 2.57. The van der Waals surface area contributed by atoms with Gasteiger partial charge >= 0.3 is 0 Å². The molecule has 48 valence electrons. The Kier molecular flexibility index (Phi) is 2.04. The van der Waals surface area contributed by atoms with Crippen molar-refractivity contribution in [3.63, 3.8) is 0 Å². The highest BCUT2D eigenvalue weighted by Gasteiger charge is 1.81. The fourth-order valence-electron chi connectivity index (χ4n) is 0.548. The molecule has 1 heterocycles. The molecule has 9 heavy (non-hydrogen) atoms. The Bertz CT molecular complexity index is 176. The predicted molar refractivity (Wildman–Crippen MR) is 36.7 cm³/mol. The van der Waals surface area contributed by atoms with Gasteiger partial charge in [0.05, 0.1) is 0 Å². The average Bonchev–Trinajstić information content (AvgIpc) is 2.34. The first kappa shape index (κ1) is 6.04. The third-order valence-electron chi connectivity index (χ3n) is 0.931. The molecule has 3 N–H and O–H groups in total. The minimum atomic E-state index is 0.556. The summed E-state index contributed by atoms with van der Waals surface area (Å²) in [6, 6.07) is 0. The number of rotatable bonds is 2. The zero-order valence-electron chi connectivity index (χ0n) is 5.04. The zero-order chi connectivity index (χ0) is 6.53. The van der Waals surface area contributed by atoms with Gasteiger partial charge in [0, 0.05) is 18.9 Å². The second-order valence-electron chi connectivity index (χ2n) is 1.61. The second kappa shape index (κ2) is 3.04. The Morgan fingerprint density at radius 2 is 2.67 bits per heavy atom. The van der Waals surface area contributed by atoms with Crippen LogP contribution < -0.4 is 5.73 Å². The molecule has 0 saturated carbocycles. The van der Waals surface area contributed by atoms with Crippen LogP contribution in [0.25, 0.3) is 6.08 Å². The Hall–Kier alpha value is -1.09. The van der Waals surface area contributed by atoms with Gasteiger partial charge in [-0.05, 0) is 6.08 Å². The van der Waals surface area contributed by atoms with E-state index in [1.54, 1.807) is 12.4 Å². The van der Waals surface area contributed by atoms with E-state index in [4.69, 9.17) is 5.73 Å². The lowest BCUT2D eigenvalue weighted by atomic mass is 10.5. The van der Waals surface area contributed by atoms with E-state index in [9.17, 15) is 0 Å². The zero-order valence-corrected chi connectivity index (χ0v) is 5.04. The van der Waals surface area contributed by atoms with Crippen LogP contribution in [-0.2, 0) is 0 Å². The van der Waals surface area contributed by atoms with Crippen LogP contribution in [0.5, 0.6) is 0 Å². The van der Waals surface area contributed by atoms with Crippen LogP contribution in [0.15, 0.2) is 18.5 Å². The lowest BCUT2D eigenvalue weighted by Gasteiger charge is -1.79. The van der Waals surface area contributed by atoms with E-state index >= 15 is 0 Å². The van der Waals surface area contributed by atoms with Gasteiger partial charge in [0.15, 0.2) is 0 Å². The van der Waals surface area contributed by atoms with E-state index in [-0.39, 0.29) is 0 Å². The molecule has 0 spiro atoms. The van der Waals surface area contributed by atoms with Crippen LogP contribution in [0.2, 0.25) is 0 Å². The van der Waals surface area contributed by atoms with Crippen molar-refractivity contribution < 1.29 is 0 Å². The molecule has 0 aliphatic rings. The van der Waals surface area contributed by atoms with Gasteiger partial charge in [-0.25, -0.2) is 4.98 Å². The second-order valence-corrected chi connectivity index (χ2v) is 1.61. The molecule has 0 fully saturated rings. The van der Waals surface area contributed by atoms with Gasteiger partial charge in [-0.15, -0.1) is 0 Å². The SMILES string of the molecule is NC/C=C/c1ncc[nH]1. The summed E-state index contributed by atoms with van der Waals surface area (Å²) < 4.78 is 0. The Labute approximate surface area is 53.6 Å². The average molecular weight is 123 g/mol. The predicted octanol–water partition coefficient (Wildman–Crippen LogP) is 0.382. The molecule has 1 rings (SSSR count). The quantitative estimate of drug-likeness (QED) is 0.597. The van der Waals surface area contributed by atoms with Crippen LogP contribution in [0.1, 0.15) is 5.82 Å². The maximum atomic E-state index is 5.22. The summed E-state index contributed by atoms with van der Waals surface area (Å²) in [6.07, 6.45) is 7.17. The smallest absolute Gasteiger partial charge is 0.129 e. The monoisotopic (exact) mass is 123 g/mol. The summed E-state index contributed by atoms with van der Waals surface area (Å²) in [5, 5.41) is 0. The van der Waals surface area contributed by atoms with Crippen molar-refractivity contribution in [3.05, 3.63) is 24.3 Å². The van der Waals surface area contributed by atoms with Crippen molar-refractivity contribution in [2.75, 3.05) is 6.54 Å². The molecule has 0 atom stereocenters. The van der Waals surface area contributed by atoms with Crippen LogP contribution in [0.4, 0.5) is 0 Å². The summed E-state index contributed by atoms with van der Waals surface area (Å²) in [6.45, 7) is 0.556. The summed E-state index contributed by atoms with van der Waals surface area (Å²) >= 11 is 0. The number of H-pyrrole nitrogens is 1. The Morgan fingerprint density at radius 3 is 3.22 bits per heavy atom. The highest BCUT2D eigenvalue weighted by atomic mass is 14.9. The van der Waals surface area contributed by atoms with E-state index in [1.807, 2.05) is 12.2 Å². The Morgan fingerprint density at radius 1 is 1.78 bits per heavy atom. The molecular formula is C6H9N3. The van der Waals surface area contributed by atoms with Crippen molar-refractivity contribution in [3.8, 4) is 0 Å². The van der Waals surface area contributed by atoms with Crippen LogP contribution in [0, 0.1) is 0 Å². The molecule has 0 saturated heterocycles. The summed E-state index contributed by atoms with van der Waals surface area (Å²) in [7, 11) is 0. The van der Waals surface area contributed by atoms with Gasteiger partial charge < -0.3 is 10.7 Å². The number of hydrogen-bond acceptors (Lipinski definition) is 2. The van der Waals surface area contributed by atoms with Crippen molar-refractivity contribution in [2.45, 2.75) is 0 Å². The van der Waals surface area contributed by atoms with Gasteiger partial charge in [-0.2, -0.15) is 0 Å². The molecule has 0 radical (unpaired) electrons. The van der Waals surface area contributed by atoms with E-state index in [0.717, 1.165) is 5.82 Å². The molecule has 1 aromatic heterocycles. The molecule has 0 bridgehead atoms. The van der Waals surface area contributed by atoms with Crippen LogP contribution >= 0.6 is 0 Å². The van der Waals surface area contributed by atoms with E-state index < -0.39 is 0 Å². The molecular weight excluding hydrogens is 114 g/mol. The molecule has 1 aromatic rings. The lowest BCUT2D eigenvalue weighted by Crippen LogP contribution is -1.92. The number of imidazole rings is 1. The van der Waals surface area contributed by atoms with Gasteiger partial charge in [-0.3, -0.25) is 0 Å². The van der Waals surface area contributed by atoms with Gasteiger partial charge in [0.1, 0.15) is 5.82 Å². The van der Waals surface area contributed by atoms with Crippen LogP contribution in [0.3, 0.4) is 0 Å². The first-order valence-electron chi connectivity index (χ1n) is 2.79. The molecule has 3 heteroatoms. The number of hydrogen-bond donors (Lipinski definition) is 2. The minimum Gasteiger partial charge on any atom is -0.345 e. The molecule has 0 aliphatic carbocycles. The molecule has 0 aromatic carbocycles.